The average Bonchev–Trinajstić information content (AvgIpc) is 2.71. The van der Waals surface area contributed by atoms with Crippen LogP contribution in [0.25, 0.3) is 0 Å². The summed E-state index contributed by atoms with van der Waals surface area (Å²) < 4.78 is 57.9. The van der Waals surface area contributed by atoms with Crippen LogP contribution in [-0.2, 0) is 30.3 Å². The summed E-state index contributed by atoms with van der Waals surface area (Å²) in [5, 5.41) is 10.1. The van der Waals surface area contributed by atoms with Crippen LogP contribution in [0.15, 0.2) is 30.3 Å². The van der Waals surface area contributed by atoms with Gasteiger partial charge in [-0.1, -0.05) is 44.2 Å². The Kier molecular flexibility index (Phi) is 9.59. The molecule has 8 heteroatoms. The van der Waals surface area contributed by atoms with Crippen molar-refractivity contribution in [3.63, 3.8) is 0 Å². The van der Waals surface area contributed by atoms with E-state index < -0.39 is 42.7 Å². The Labute approximate surface area is 177 Å². The van der Waals surface area contributed by atoms with Crippen LogP contribution in [0.1, 0.15) is 39.7 Å². The molecule has 0 amide bonds. The number of aliphatic hydroxyl groups is 1. The Hall–Kier alpha value is -1.16. The minimum atomic E-state index is -3.72. The predicted octanol–water partition coefficient (Wildman–Crippen LogP) is 3.75. The summed E-state index contributed by atoms with van der Waals surface area (Å²) in [5.74, 6) is -3.93. The summed E-state index contributed by atoms with van der Waals surface area (Å²) >= 11 is 0. The smallest absolute Gasteiger partial charge is 0.325 e. The summed E-state index contributed by atoms with van der Waals surface area (Å²) in [6.07, 6.45) is -6.51. The second kappa shape index (κ2) is 11.5. The number of hydrogen-bond donors (Lipinski definition) is 1. The molecule has 0 radical (unpaired) electrons. The van der Waals surface area contributed by atoms with Gasteiger partial charge in [0.1, 0.15) is 12.9 Å². The van der Waals surface area contributed by atoms with Crippen molar-refractivity contribution < 1.29 is 37.6 Å². The van der Waals surface area contributed by atoms with Crippen molar-refractivity contribution in [1.82, 2.24) is 0 Å². The number of methoxy groups -OCH3 is 1. The summed E-state index contributed by atoms with van der Waals surface area (Å²) in [5.41, 5.74) is 0.918. The summed E-state index contributed by atoms with van der Waals surface area (Å²) in [4.78, 5) is 0. The van der Waals surface area contributed by atoms with Gasteiger partial charge in [0.15, 0.2) is 6.10 Å². The van der Waals surface area contributed by atoms with Gasteiger partial charge in [0.2, 0.25) is 6.29 Å². The number of alkyl halides is 2. The number of benzene rings is 1. The van der Waals surface area contributed by atoms with Crippen LogP contribution in [0.5, 0.6) is 0 Å². The van der Waals surface area contributed by atoms with Crippen molar-refractivity contribution >= 4 is 0 Å². The predicted molar refractivity (Wildman–Crippen MR) is 107 cm³/mol. The Morgan fingerprint density at radius 1 is 1.13 bits per heavy atom. The van der Waals surface area contributed by atoms with E-state index in [1.54, 1.807) is 13.8 Å². The third-order valence-electron chi connectivity index (χ3n) is 5.22. The van der Waals surface area contributed by atoms with Gasteiger partial charge >= 0.3 is 5.92 Å². The fourth-order valence-corrected chi connectivity index (χ4v) is 3.68. The Morgan fingerprint density at radius 2 is 1.80 bits per heavy atom. The zero-order chi connectivity index (χ0) is 22.3. The van der Waals surface area contributed by atoms with E-state index in [0.717, 1.165) is 5.56 Å². The minimum Gasteiger partial charge on any atom is -0.370 e. The van der Waals surface area contributed by atoms with Crippen molar-refractivity contribution in [2.24, 2.45) is 5.92 Å². The molecule has 6 nitrogen and oxygen atoms in total. The van der Waals surface area contributed by atoms with Crippen LogP contribution in [0, 0.1) is 5.92 Å². The van der Waals surface area contributed by atoms with E-state index in [9.17, 15) is 5.11 Å². The highest BCUT2D eigenvalue weighted by molar-refractivity contribution is 5.13. The third kappa shape index (κ3) is 6.18. The second-order valence-electron chi connectivity index (χ2n) is 7.87. The first kappa shape index (κ1) is 25.1. The standard InChI is InChI=1S/C22H34F2O6/c1-6-17-15(4)18(27-12-16-10-8-7-9-11-16)19(28-13-26-5)20(30-17)22(23,24)21(25)29-14(2)3/h7-11,14-15,17-21,25H,6,12-13H2,1-5H3/t15-,17+,18-,19+,20-,21?/m0/s1. The normalized spacial score (nSPS) is 28.6. The van der Waals surface area contributed by atoms with Crippen molar-refractivity contribution in [3.05, 3.63) is 35.9 Å². The molecule has 30 heavy (non-hydrogen) atoms. The summed E-state index contributed by atoms with van der Waals surface area (Å²) in [6.45, 7) is 6.93. The average molecular weight is 433 g/mol. The fraction of sp³-hybridized carbons (Fsp3) is 0.727. The van der Waals surface area contributed by atoms with Gasteiger partial charge in [-0.3, -0.25) is 0 Å². The molecule has 0 bridgehead atoms. The monoisotopic (exact) mass is 432 g/mol. The Bertz CT molecular complexity index is 615. The van der Waals surface area contributed by atoms with Gasteiger partial charge in [0.25, 0.3) is 0 Å². The maximum absolute atomic E-state index is 15.2. The second-order valence-corrected chi connectivity index (χ2v) is 7.87. The number of ether oxygens (including phenoxy) is 5. The molecule has 1 unspecified atom stereocenters. The van der Waals surface area contributed by atoms with Gasteiger partial charge in [0.05, 0.1) is 24.9 Å². The Morgan fingerprint density at radius 3 is 2.37 bits per heavy atom. The highest BCUT2D eigenvalue weighted by atomic mass is 19.3. The molecule has 172 valence electrons. The van der Waals surface area contributed by atoms with Crippen molar-refractivity contribution in [2.45, 2.75) is 83.5 Å². The molecule has 0 spiro atoms. The molecule has 0 aliphatic carbocycles. The van der Waals surface area contributed by atoms with E-state index in [2.05, 4.69) is 0 Å². The lowest BCUT2D eigenvalue weighted by atomic mass is 9.84. The molecule has 1 aliphatic rings. The van der Waals surface area contributed by atoms with E-state index in [1.807, 2.05) is 44.2 Å². The maximum Gasteiger partial charge on any atom is 0.325 e. The van der Waals surface area contributed by atoms with Crippen LogP contribution in [0.4, 0.5) is 8.78 Å². The molecular weight excluding hydrogens is 398 g/mol. The number of hydrogen-bond acceptors (Lipinski definition) is 6. The highest BCUT2D eigenvalue weighted by Gasteiger charge is 2.59. The van der Waals surface area contributed by atoms with E-state index >= 15 is 8.78 Å². The molecule has 1 N–H and O–H groups in total. The zero-order valence-corrected chi connectivity index (χ0v) is 18.3. The van der Waals surface area contributed by atoms with E-state index in [-0.39, 0.29) is 19.3 Å². The van der Waals surface area contributed by atoms with Crippen LogP contribution in [0.2, 0.25) is 0 Å². The Balaban J connectivity index is 2.30. The lowest BCUT2D eigenvalue weighted by molar-refractivity contribution is -0.340. The summed E-state index contributed by atoms with van der Waals surface area (Å²) in [7, 11) is 1.41. The van der Waals surface area contributed by atoms with Crippen LogP contribution in [0.3, 0.4) is 0 Å². The van der Waals surface area contributed by atoms with E-state index in [4.69, 9.17) is 23.7 Å². The minimum absolute atomic E-state index is 0.212. The van der Waals surface area contributed by atoms with Gasteiger partial charge in [-0.05, 0) is 25.8 Å². The maximum atomic E-state index is 15.2. The fourth-order valence-electron chi connectivity index (χ4n) is 3.68. The van der Waals surface area contributed by atoms with Gasteiger partial charge in [-0.25, -0.2) is 0 Å². The number of halogens is 2. The molecule has 1 fully saturated rings. The quantitative estimate of drug-likeness (QED) is 0.537. The van der Waals surface area contributed by atoms with Crippen LogP contribution in [-0.4, -0.2) is 61.7 Å². The molecule has 6 atom stereocenters. The number of rotatable bonds is 11. The van der Waals surface area contributed by atoms with Crippen molar-refractivity contribution in [2.75, 3.05) is 13.9 Å². The first-order chi connectivity index (χ1) is 14.2. The molecule has 2 rings (SSSR count). The van der Waals surface area contributed by atoms with Crippen LogP contribution < -0.4 is 0 Å². The van der Waals surface area contributed by atoms with Gasteiger partial charge in [-0.15, -0.1) is 0 Å². The van der Waals surface area contributed by atoms with Crippen molar-refractivity contribution in [3.8, 4) is 0 Å². The largest absolute Gasteiger partial charge is 0.370 e. The lowest BCUT2D eigenvalue weighted by Gasteiger charge is -2.48. The molecule has 1 heterocycles. The third-order valence-corrected chi connectivity index (χ3v) is 5.22. The van der Waals surface area contributed by atoms with Gasteiger partial charge in [0, 0.05) is 13.0 Å². The molecule has 1 aliphatic heterocycles. The lowest BCUT2D eigenvalue weighted by Crippen LogP contribution is -2.64. The SMILES string of the molecule is CC[C@H]1O[C@H](C(F)(F)C(O)OC(C)C)[C@H](OCOC)[C@@H](OCc2ccccc2)[C@H]1C. The van der Waals surface area contributed by atoms with Crippen molar-refractivity contribution in [1.29, 1.82) is 0 Å². The molecule has 1 saturated heterocycles. The molecule has 1 aromatic rings. The first-order valence-corrected chi connectivity index (χ1v) is 10.3. The van der Waals surface area contributed by atoms with Gasteiger partial charge in [-0.2, -0.15) is 8.78 Å². The molecular formula is C22H34F2O6. The first-order valence-electron chi connectivity index (χ1n) is 10.3. The summed E-state index contributed by atoms with van der Waals surface area (Å²) in [6, 6.07) is 9.47. The van der Waals surface area contributed by atoms with Gasteiger partial charge < -0.3 is 28.8 Å². The molecule has 1 aromatic carbocycles. The molecule has 0 saturated carbocycles. The number of aliphatic hydroxyl groups excluding tert-OH is 1. The zero-order valence-electron chi connectivity index (χ0n) is 18.3. The topological polar surface area (TPSA) is 66.4 Å². The van der Waals surface area contributed by atoms with E-state index in [1.165, 1.54) is 7.11 Å². The highest BCUT2D eigenvalue weighted by Crippen LogP contribution is 2.40. The van der Waals surface area contributed by atoms with Crippen LogP contribution >= 0.6 is 0 Å². The molecule has 0 aromatic heterocycles. The van der Waals surface area contributed by atoms with E-state index in [0.29, 0.717) is 6.42 Å².